The molecule has 1 saturated carbocycles. The average Bonchev–Trinajstić information content (AvgIpc) is 3.16. The maximum Gasteiger partial charge on any atom is 0.191 e. The molecule has 1 fully saturated rings. The fourth-order valence-corrected chi connectivity index (χ4v) is 4.57. The van der Waals surface area contributed by atoms with Gasteiger partial charge in [0.1, 0.15) is 0 Å². The van der Waals surface area contributed by atoms with Crippen molar-refractivity contribution < 1.29 is 8.95 Å². The van der Waals surface area contributed by atoms with E-state index < -0.39 is 10.8 Å². The highest BCUT2D eigenvalue weighted by atomic mass is 32.2. The Bertz CT molecular complexity index is 586. The summed E-state index contributed by atoms with van der Waals surface area (Å²) in [5, 5.41) is 6.66. The summed E-state index contributed by atoms with van der Waals surface area (Å²) in [5.41, 5.74) is 0.282. The van der Waals surface area contributed by atoms with E-state index in [1.165, 1.54) is 25.7 Å². The number of nitrogens with one attached hydrogen (secondary N) is 2. The molecule has 2 rings (SSSR count). The van der Waals surface area contributed by atoms with Crippen LogP contribution in [0.25, 0.3) is 0 Å². The molecule has 0 amide bonds. The van der Waals surface area contributed by atoms with Crippen molar-refractivity contribution in [3.63, 3.8) is 0 Å². The van der Waals surface area contributed by atoms with E-state index in [9.17, 15) is 4.21 Å². The third-order valence-electron chi connectivity index (χ3n) is 5.15. The summed E-state index contributed by atoms with van der Waals surface area (Å²) < 4.78 is 17.9. The molecule has 0 heterocycles. The Labute approximate surface area is 166 Å². The van der Waals surface area contributed by atoms with Crippen molar-refractivity contribution in [2.75, 3.05) is 38.6 Å². The topological polar surface area (TPSA) is 62.7 Å². The van der Waals surface area contributed by atoms with Gasteiger partial charge in [0.15, 0.2) is 5.96 Å². The standard InChI is InChI=1S/C21H35N3O2S/c1-3-22-20(23-15-17-27(25)19-10-6-5-7-11-19)24-18-21(12-8-9-13-21)14-16-26-4-2/h5-7,10-11H,3-4,8-9,12-18H2,1-2H3,(H2,22,23,24). The lowest BCUT2D eigenvalue weighted by Gasteiger charge is -2.27. The fraction of sp³-hybridized carbons (Fsp3) is 0.667. The van der Waals surface area contributed by atoms with Gasteiger partial charge in [0.05, 0.1) is 10.8 Å². The Balaban J connectivity index is 1.86. The second-order valence-electron chi connectivity index (χ2n) is 7.14. The third-order valence-corrected chi connectivity index (χ3v) is 6.52. The van der Waals surface area contributed by atoms with Gasteiger partial charge in [-0.1, -0.05) is 31.0 Å². The number of hydrogen-bond acceptors (Lipinski definition) is 3. The average molecular weight is 394 g/mol. The first-order valence-corrected chi connectivity index (χ1v) is 11.5. The minimum atomic E-state index is -0.985. The first-order chi connectivity index (χ1) is 13.2. The molecule has 152 valence electrons. The zero-order valence-corrected chi connectivity index (χ0v) is 17.7. The van der Waals surface area contributed by atoms with Crippen LogP contribution in [0.15, 0.2) is 40.2 Å². The van der Waals surface area contributed by atoms with E-state index in [1.807, 2.05) is 37.3 Å². The van der Waals surface area contributed by atoms with Gasteiger partial charge < -0.3 is 15.4 Å². The minimum absolute atomic E-state index is 0.282. The molecule has 6 heteroatoms. The molecule has 0 radical (unpaired) electrons. The van der Waals surface area contributed by atoms with Crippen LogP contribution in [0.5, 0.6) is 0 Å². The van der Waals surface area contributed by atoms with Crippen molar-refractivity contribution in [1.82, 2.24) is 10.6 Å². The van der Waals surface area contributed by atoms with Crippen molar-refractivity contribution in [3.8, 4) is 0 Å². The largest absolute Gasteiger partial charge is 0.382 e. The SMILES string of the molecule is CCNC(=NCC1(CCOCC)CCCC1)NCCS(=O)c1ccccc1. The quantitative estimate of drug-likeness (QED) is 0.344. The highest BCUT2D eigenvalue weighted by Crippen LogP contribution is 2.41. The van der Waals surface area contributed by atoms with E-state index in [4.69, 9.17) is 9.73 Å². The van der Waals surface area contributed by atoms with E-state index in [0.29, 0.717) is 12.3 Å². The highest BCUT2D eigenvalue weighted by molar-refractivity contribution is 7.85. The first kappa shape index (κ1) is 21.9. The van der Waals surface area contributed by atoms with Crippen LogP contribution in [0.4, 0.5) is 0 Å². The number of hydrogen-bond donors (Lipinski definition) is 2. The van der Waals surface area contributed by atoms with E-state index in [1.54, 1.807) is 0 Å². The summed E-state index contributed by atoms with van der Waals surface area (Å²) in [6.45, 7) is 8.01. The van der Waals surface area contributed by atoms with Gasteiger partial charge in [0.2, 0.25) is 0 Å². The van der Waals surface area contributed by atoms with Crippen LogP contribution < -0.4 is 10.6 Å². The Kier molecular flexibility index (Phi) is 9.84. The molecule has 5 nitrogen and oxygen atoms in total. The summed E-state index contributed by atoms with van der Waals surface area (Å²) in [4.78, 5) is 5.73. The van der Waals surface area contributed by atoms with Gasteiger partial charge in [-0.2, -0.15) is 0 Å². The van der Waals surface area contributed by atoms with Crippen LogP contribution in [0.2, 0.25) is 0 Å². The molecule has 0 aromatic heterocycles. The second kappa shape index (κ2) is 12.1. The number of nitrogens with zero attached hydrogens (tertiary/aromatic N) is 1. The number of benzene rings is 1. The van der Waals surface area contributed by atoms with Gasteiger partial charge in [0.25, 0.3) is 0 Å². The molecule has 0 bridgehead atoms. The van der Waals surface area contributed by atoms with Crippen molar-refractivity contribution in [2.24, 2.45) is 10.4 Å². The van der Waals surface area contributed by atoms with E-state index in [0.717, 1.165) is 43.6 Å². The molecular weight excluding hydrogens is 358 g/mol. The number of aliphatic imine (C=N–C) groups is 1. The Morgan fingerprint density at radius 3 is 2.59 bits per heavy atom. The zero-order valence-electron chi connectivity index (χ0n) is 16.8. The Hall–Kier alpha value is -1.40. The van der Waals surface area contributed by atoms with Gasteiger partial charge in [-0.05, 0) is 50.7 Å². The van der Waals surface area contributed by atoms with Crippen LogP contribution in [-0.2, 0) is 15.5 Å². The maximum atomic E-state index is 12.3. The molecule has 1 atom stereocenters. The highest BCUT2D eigenvalue weighted by Gasteiger charge is 2.33. The van der Waals surface area contributed by atoms with Crippen LogP contribution in [-0.4, -0.2) is 48.8 Å². The Morgan fingerprint density at radius 1 is 1.19 bits per heavy atom. The van der Waals surface area contributed by atoms with Gasteiger partial charge in [-0.25, -0.2) is 0 Å². The fourth-order valence-electron chi connectivity index (χ4n) is 3.59. The molecule has 1 aliphatic carbocycles. The van der Waals surface area contributed by atoms with Crippen LogP contribution >= 0.6 is 0 Å². The third kappa shape index (κ3) is 7.62. The lowest BCUT2D eigenvalue weighted by Crippen LogP contribution is -2.40. The van der Waals surface area contributed by atoms with Crippen molar-refractivity contribution in [3.05, 3.63) is 30.3 Å². The normalized spacial score (nSPS) is 17.6. The summed E-state index contributed by atoms with van der Waals surface area (Å²) in [6.07, 6.45) is 6.15. The molecule has 1 aromatic rings. The molecule has 1 unspecified atom stereocenters. The summed E-state index contributed by atoms with van der Waals surface area (Å²) >= 11 is 0. The molecule has 0 aliphatic heterocycles. The first-order valence-electron chi connectivity index (χ1n) is 10.2. The number of guanidine groups is 1. The predicted octanol–water partition coefficient (Wildman–Crippen LogP) is 3.34. The van der Waals surface area contributed by atoms with Gasteiger partial charge in [-0.3, -0.25) is 9.20 Å². The molecule has 0 saturated heterocycles. The summed E-state index contributed by atoms with van der Waals surface area (Å²) in [5.74, 6) is 1.40. The molecule has 27 heavy (non-hydrogen) atoms. The van der Waals surface area contributed by atoms with E-state index in [-0.39, 0.29) is 5.41 Å². The Morgan fingerprint density at radius 2 is 1.93 bits per heavy atom. The lowest BCUT2D eigenvalue weighted by molar-refractivity contribution is 0.107. The lowest BCUT2D eigenvalue weighted by atomic mass is 9.83. The number of rotatable bonds is 11. The predicted molar refractivity (Wildman–Crippen MR) is 114 cm³/mol. The van der Waals surface area contributed by atoms with Crippen molar-refractivity contribution in [1.29, 1.82) is 0 Å². The molecule has 1 aromatic carbocycles. The monoisotopic (exact) mass is 393 g/mol. The molecular formula is C21H35N3O2S. The summed E-state index contributed by atoms with van der Waals surface area (Å²) in [6, 6.07) is 9.62. The van der Waals surface area contributed by atoms with Crippen LogP contribution in [0, 0.1) is 5.41 Å². The van der Waals surface area contributed by atoms with Crippen molar-refractivity contribution in [2.45, 2.75) is 50.8 Å². The van der Waals surface area contributed by atoms with Gasteiger partial charge in [0, 0.05) is 43.5 Å². The zero-order chi connectivity index (χ0) is 19.4. The molecule has 1 aliphatic rings. The van der Waals surface area contributed by atoms with Gasteiger partial charge >= 0.3 is 0 Å². The van der Waals surface area contributed by atoms with Gasteiger partial charge in [-0.15, -0.1) is 0 Å². The second-order valence-corrected chi connectivity index (χ2v) is 8.71. The molecule has 0 spiro atoms. The van der Waals surface area contributed by atoms with Crippen molar-refractivity contribution >= 4 is 16.8 Å². The van der Waals surface area contributed by atoms with Crippen LogP contribution in [0.1, 0.15) is 46.0 Å². The van der Waals surface area contributed by atoms with Crippen LogP contribution in [0.3, 0.4) is 0 Å². The van der Waals surface area contributed by atoms with E-state index in [2.05, 4.69) is 17.6 Å². The maximum absolute atomic E-state index is 12.3. The molecule has 2 N–H and O–H groups in total. The number of ether oxygens (including phenoxy) is 1. The van der Waals surface area contributed by atoms with E-state index >= 15 is 0 Å². The smallest absolute Gasteiger partial charge is 0.191 e. The summed E-state index contributed by atoms with van der Waals surface area (Å²) in [7, 11) is -0.985. The minimum Gasteiger partial charge on any atom is -0.382 e.